The quantitative estimate of drug-likeness (QED) is 0.736. The van der Waals surface area contributed by atoms with E-state index in [1.54, 1.807) is 12.3 Å². The molecule has 0 saturated heterocycles. The summed E-state index contributed by atoms with van der Waals surface area (Å²) >= 11 is 1.43. The Labute approximate surface area is 129 Å². The zero-order valence-corrected chi connectivity index (χ0v) is 12.3. The molecular weight excluding hydrogens is 306 g/mol. The van der Waals surface area contributed by atoms with E-state index in [4.69, 9.17) is 0 Å². The minimum atomic E-state index is -0.820. The first-order chi connectivity index (χ1) is 10.7. The fourth-order valence-electron chi connectivity index (χ4n) is 2.69. The van der Waals surface area contributed by atoms with Crippen LogP contribution >= 0.6 is 11.9 Å². The summed E-state index contributed by atoms with van der Waals surface area (Å²) in [5.74, 6) is -1.64. The Balaban J connectivity index is 1.57. The number of nitrogens with zero attached hydrogens (tertiary/aromatic N) is 3. The Bertz CT molecular complexity index is 849. The number of fused-ring (bicyclic) bond motifs is 3. The van der Waals surface area contributed by atoms with Crippen LogP contribution in [0.5, 0.6) is 0 Å². The molecule has 1 N–H and O–H groups in total. The van der Waals surface area contributed by atoms with Crippen LogP contribution in [-0.2, 0) is 13.0 Å². The Kier molecular flexibility index (Phi) is 3.31. The number of hydrogen-bond acceptors (Lipinski definition) is 4. The van der Waals surface area contributed by atoms with Gasteiger partial charge < -0.3 is 0 Å². The molecule has 4 nitrogen and oxygen atoms in total. The summed E-state index contributed by atoms with van der Waals surface area (Å²) in [6.45, 7) is 1.55. The maximum Gasteiger partial charge on any atom is 0.159 e. The first-order valence-electron chi connectivity index (χ1n) is 6.88. The summed E-state index contributed by atoms with van der Waals surface area (Å²) in [6.07, 6.45) is 4.54. The van der Waals surface area contributed by atoms with Crippen molar-refractivity contribution >= 4 is 23.0 Å². The van der Waals surface area contributed by atoms with Gasteiger partial charge in [0, 0.05) is 29.6 Å². The zero-order chi connectivity index (χ0) is 15.1. The molecule has 0 amide bonds. The Morgan fingerprint density at radius 1 is 1.18 bits per heavy atom. The van der Waals surface area contributed by atoms with E-state index >= 15 is 0 Å². The van der Waals surface area contributed by atoms with E-state index in [9.17, 15) is 8.78 Å². The molecule has 4 rings (SSSR count). The molecule has 0 aliphatic carbocycles. The molecule has 1 aliphatic heterocycles. The molecule has 0 fully saturated rings. The van der Waals surface area contributed by atoms with Crippen LogP contribution in [0.4, 0.5) is 8.78 Å². The van der Waals surface area contributed by atoms with E-state index in [1.165, 1.54) is 23.6 Å². The molecular formula is C15H12F2N4S. The monoisotopic (exact) mass is 318 g/mol. The van der Waals surface area contributed by atoms with Crippen LogP contribution in [0.15, 0.2) is 35.5 Å². The predicted molar refractivity (Wildman–Crippen MR) is 80.2 cm³/mol. The Morgan fingerprint density at radius 2 is 2.09 bits per heavy atom. The van der Waals surface area contributed by atoms with Crippen LogP contribution in [0, 0.1) is 11.6 Å². The lowest BCUT2D eigenvalue weighted by Crippen LogP contribution is -2.25. The van der Waals surface area contributed by atoms with E-state index in [1.807, 2.05) is 6.20 Å². The summed E-state index contributed by atoms with van der Waals surface area (Å²) < 4.78 is 28.4. The standard InChI is InChI=1S/C15H12F2N4S/c16-13-2-1-10(5-14(13)17)22-21-4-3-11-9(8-21)6-18-15-12(11)7-19-20-15/h1-2,5-7H,3-4,8H2,(H,18,19,20). The van der Waals surface area contributed by atoms with Gasteiger partial charge in [0.05, 0.1) is 6.20 Å². The normalized spacial score (nSPS) is 15.2. The van der Waals surface area contributed by atoms with Crippen molar-refractivity contribution in [1.82, 2.24) is 19.5 Å². The molecule has 0 unspecified atom stereocenters. The van der Waals surface area contributed by atoms with Crippen molar-refractivity contribution in [3.63, 3.8) is 0 Å². The van der Waals surface area contributed by atoms with E-state index in [-0.39, 0.29) is 0 Å². The maximum atomic E-state index is 13.3. The van der Waals surface area contributed by atoms with Crippen molar-refractivity contribution < 1.29 is 8.78 Å². The molecule has 0 saturated carbocycles. The fraction of sp³-hybridized carbons (Fsp3) is 0.200. The van der Waals surface area contributed by atoms with Gasteiger partial charge in [-0.1, -0.05) is 0 Å². The molecule has 1 aliphatic rings. The van der Waals surface area contributed by atoms with Crippen molar-refractivity contribution in [2.45, 2.75) is 17.9 Å². The van der Waals surface area contributed by atoms with Crippen LogP contribution in [0.2, 0.25) is 0 Å². The average molecular weight is 318 g/mol. The van der Waals surface area contributed by atoms with Gasteiger partial charge in [0.25, 0.3) is 0 Å². The smallest absolute Gasteiger partial charge is 0.159 e. The van der Waals surface area contributed by atoms with E-state index in [2.05, 4.69) is 19.5 Å². The molecule has 0 spiro atoms. The van der Waals surface area contributed by atoms with Gasteiger partial charge in [-0.25, -0.2) is 18.1 Å². The zero-order valence-electron chi connectivity index (χ0n) is 11.5. The van der Waals surface area contributed by atoms with E-state index < -0.39 is 11.6 Å². The number of aromatic amines is 1. The van der Waals surface area contributed by atoms with Crippen molar-refractivity contribution in [2.24, 2.45) is 0 Å². The molecule has 22 heavy (non-hydrogen) atoms. The van der Waals surface area contributed by atoms with Gasteiger partial charge >= 0.3 is 0 Å². The number of aromatic nitrogens is 3. The lowest BCUT2D eigenvalue weighted by molar-refractivity contribution is 0.444. The van der Waals surface area contributed by atoms with E-state index in [0.717, 1.165) is 35.6 Å². The van der Waals surface area contributed by atoms with Gasteiger partial charge in [0.2, 0.25) is 0 Å². The minimum Gasteiger partial charge on any atom is -0.261 e. The van der Waals surface area contributed by atoms with Crippen LogP contribution in [-0.4, -0.2) is 26.0 Å². The highest BCUT2D eigenvalue weighted by atomic mass is 32.2. The third kappa shape index (κ3) is 2.36. The van der Waals surface area contributed by atoms with Gasteiger partial charge in [0.15, 0.2) is 17.3 Å². The van der Waals surface area contributed by atoms with Crippen LogP contribution in [0.3, 0.4) is 0 Å². The number of hydrogen-bond donors (Lipinski definition) is 1. The number of H-pyrrole nitrogens is 1. The molecule has 7 heteroatoms. The van der Waals surface area contributed by atoms with E-state index in [0.29, 0.717) is 11.4 Å². The molecule has 3 aromatic rings. The van der Waals surface area contributed by atoms with Crippen LogP contribution in [0.1, 0.15) is 11.1 Å². The number of pyridine rings is 1. The molecule has 112 valence electrons. The summed E-state index contributed by atoms with van der Waals surface area (Å²) in [7, 11) is 0. The van der Waals surface area contributed by atoms with Crippen LogP contribution in [0.25, 0.3) is 11.0 Å². The average Bonchev–Trinajstić information content (AvgIpc) is 2.99. The van der Waals surface area contributed by atoms with Crippen LogP contribution < -0.4 is 0 Å². The molecule has 3 heterocycles. The first-order valence-corrected chi connectivity index (χ1v) is 7.66. The molecule has 0 atom stereocenters. The van der Waals surface area contributed by atoms with Crippen molar-refractivity contribution in [3.8, 4) is 0 Å². The molecule has 1 aromatic carbocycles. The van der Waals surface area contributed by atoms with Gasteiger partial charge in [-0.15, -0.1) is 0 Å². The number of nitrogens with one attached hydrogen (secondary N) is 1. The highest BCUT2D eigenvalue weighted by Crippen LogP contribution is 2.31. The summed E-state index contributed by atoms with van der Waals surface area (Å²) in [5, 5.41) is 7.97. The summed E-state index contributed by atoms with van der Waals surface area (Å²) in [6, 6.07) is 3.98. The van der Waals surface area contributed by atoms with Gasteiger partial charge in [-0.2, -0.15) is 5.10 Å². The summed E-state index contributed by atoms with van der Waals surface area (Å²) in [5.41, 5.74) is 3.22. The highest BCUT2D eigenvalue weighted by Gasteiger charge is 2.20. The Hall–Kier alpha value is -1.99. The number of benzene rings is 1. The maximum absolute atomic E-state index is 13.3. The third-order valence-corrected chi connectivity index (χ3v) is 4.80. The predicted octanol–water partition coefficient (Wildman–Crippen LogP) is 3.30. The van der Waals surface area contributed by atoms with Gasteiger partial charge in [0.1, 0.15) is 0 Å². The second kappa shape index (κ2) is 5.33. The largest absolute Gasteiger partial charge is 0.261 e. The topological polar surface area (TPSA) is 44.8 Å². The lowest BCUT2D eigenvalue weighted by atomic mass is 10.0. The van der Waals surface area contributed by atoms with Crippen molar-refractivity contribution in [2.75, 3.05) is 6.54 Å². The highest BCUT2D eigenvalue weighted by molar-refractivity contribution is 7.97. The second-order valence-corrected chi connectivity index (χ2v) is 6.35. The molecule has 0 bridgehead atoms. The minimum absolute atomic E-state index is 0.694. The SMILES string of the molecule is Fc1ccc(SN2CCc3c(cnc4[nH]ncc34)C2)cc1F. The first kappa shape index (κ1) is 13.7. The van der Waals surface area contributed by atoms with Gasteiger partial charge in [-0.05, 0) is 47.7 Å². The second-order valence-electron chi connectivity index (χ2n) is 5.18. The summed E-state index contributed by atoms with van der Waals surface area (Å²) in [4.78, 5) is 5.05. The Morgan fingerprint density at radius 3 is 2.95 bits per heavy atom. The fourth-order valence-corrected chi connectivity index (χ4v) is 3.66. The number of rotatable bonds is 2. The molecule has 0 radical (unpaired) electrons. The van der Waals surface area contributed by atoms with Gasteiger partial charge in [-0.3, -0.25) is 5.10 Å². The van der Waals surface area contributed by atoms with Crippen molar-refractivity contribution in [1.29, 1.82) is 0 Å². The third-order valence-electron chi connectivity index (χ3n) is 3.76. The molecule has 2 aromatic heterocycles. The lowest BCUT2D eigenvalue weighted by Gasteiger charge is -2.27. The van der Waals surface area contributed by atoms with Crippen molar-refractivity contribution in [3.05, 3.63) is 53.4 Å². The number of halogens is 2.